The van der Waals surface area contributed by atoms with Crippen molar-refractivity contribution < 1.29 is 23.9 Å². The molecule has 3 aromatic rings. The molecule has 8 nitrogen and oxygen atoms in total. The highest BCUT2D eigenvalue weighted by Crippen LogP contribution is 2.32. The summed E-state index contributed by atoms with van der Waals surface area (Å²) in [5.41, 5.74) is 7.58. The van der Waals surface area contributed by atoms with Gasteiger partial charge in [-0.05, 0) is 72.7 Å². The summed E-state index contributed by atoms with van der Waals surface area (Å²) in [7, 11) is 3.13. The van der Waals surface area contributed by atoms with Crippen LogP contribution in [0.15, 0.2) is 78.9 Å². The average Bonchev–Trinajstić information content (AvgIpc) is 3.00. The molecule has 1 aliphatic carbocycles. The number of nitrogens with two attached hydrogens (primary N) is 1. The van der Waals surface area contributed by atoms with Gasteiger partial charge in [0.15, 0.2) is 0 Å². The summed E-state index contributed by atoms with van der Waals surface area (Å²) < 4.78 is 13.6. The molecule has 0 saturated heterocycles. The molecular formula is C35H43FN4O4. The second-order valence-electron chi connectivity index (χ2n) is 12.1. The van der Waals surface area contributed by atoms with Crippen LogP contribution in [0.1, 0.15) is 43.7 Å². The van der Waals surface area contributed by atoms with Crippen molar-refractivity contribution in [3.8, 4) is 0 Å². The van der Waals surface area contributed by atoms with Gasteiger partial charge in [-0.15, -0.1) is 0 Å². The molecule has 0 aliphatic heterocycles. The minimum Gasteiger partial charge on any atom is -0.392 e. The van der Waals surface area contributed by atoms with Gasteiger partial charge in [-0.2, -0.15) is 0 Å². The van der Waals surface area contributed by atoms with E-state index in [9.17, 15) is 23.9 Å². The van der Waals surface area contributed by atoms with Gasteiger partial charge >= 0.3 is 0 Å². The quantitative estimate of drug-likeness (QED) is 0.258. The molecule has 0 heterocycles. The maximum absolute atomic E-state index is 14.3. The lowest BCUT2D eigenvalue weighted by molar-refractivity contribution is -0.146. The SMILES string of the molecule is C[C@@H](O)CNC(=O)[C@@H](Cc1ccc(F)cc1)N(C)C(=O)[C@@H](Cc1ccc2ccccc2c1)N(C)C(=O)/C=C/CC1(N)CCC1. The van der Waals surface area contributed by atoms with Gasteiger partial charge < -0.3 is 26.0 Å². The van der Waals surface area contributed by atoms with Crippen molar-refractivity contribution in [2.75, 3.05) is 20.6 Å². The summed E-state index contributed by atoms with van der Waals surface area (Å²) in [4.78, 5) is 43.8. The number of amides is 3. The number of hydrogen-bond donors (Lipinski definition) is 3. The number of rotatable bonds is 13. The van der Waals surface area contributed by atoms with Crippen LogP contribution in [0.2, 0.25) is 0 Å². The van der Waals surface area contributed by atoms with Gasteiger partial charge in [-0.25, -0.2) is 4.39 Å². The van der Waals surface area contributed by atoms with E-state index in [0.29, 0.717) is 12.0 Å². The minimum absolute atomic E-state index is 0.00706. The maximum atomic E-state index is 14.3. The van der Waals surface area contributed by atoms with Gasteiger partial charge in [0.25, 0.3) is 0 Å². The van der Waals surface area contributed by atoms with E-state index in [1.165, 1.54) is 35.1 Å². The monoisotopic (exact) mass is 602 g/mol. The number of likely N-dealkylation sites (N-methyl/N-ethyl adjacent to an activating group) is 2. The molecule has 3 amide bonds. The number of halogens is 1. The number of benzene rings is 3. The molecule has 9 heteroatoms. The van der Waals surface area contributed by atoms with Gasteiger partial charge in [0.2, 0.25) is 17.7 Å². The number of nitrogens with one attached hydrogen (secondary N) is 1. The van der Waals surface area contributed by atoms with Crippen LogP contribution in [0.4, 0.5) is 4.39 Å². The lowest BCUT2D eigenvalue weighted by Gasteiger charge is -2.37. The maximum Gasteiger partial charge on any atom is 0.246 e. The summed E-state index contributed by atoms with van der Waals surface area (Å²) >= 11 is 0. The Morgan fingerprint density at radius 3 is 2.23 bits per heavy atom. The number of carbonyl (C=O) groups is 3. The van der Waals surface area contributed by atoms with E-state index in [1.54, 1.807) is 32.2 Å². The highest BCUT2D eigenvalue weighted by atomic mass is 19.1. The summed E-state index contributed by atoms with van der Waals surface area (Å²) in [6.45, 7) is 1.56. The predicted molar refractivity (Wildman–Crippen MR) is 170 cm³/mol. The molecule has 3 aromatic carbocycles. The third-order valence-corrected chi connectivity index (χ3v) is 8.51. The predicted octanol–water partition coefficient (Wildman–Crippen LogP) is 3.74. The van der Waals surface area contributed by atoms with Gasteiger partial charge in [0, 0.05) is 39.0 Å². The van der Waals surface area contributed by atoms with Crippen LogP contribution in [0, 0.1) is 5.82 Å². The Bertz CT molecular complexity index is 1490. The van der Waals surface area contributed by atoms with E-state index in [2.05, 4.69) is 5.32 Å². The minimum atomic E-state index is -0.972. The van der Waals surface area contributed by atoms with Crippen LogP contribution in [-0.4, -0.2) is 77.0 Å². The standard InChI is InChI=1S/C35H43FN4O4/c1-24(41)23-38-33(43)30(21-25-12-15-29(36)16-13-25)40(3)34(44)31(22-26-11-14-27-8-4-5-9-28(27)20-26)39(2)32(42)10-6-17-35(37)18-7-19-35/h4-6,8-16,20,24,30-31,41H,7,17-19,21-23,37H2,1-3H3,(H,38,43)/b10-6+/t24-,30-,31-/m1/s1. The number of aliphatic hydroxyl groups excluding tert-OH is 1. The lowest BCUT2D eigenvalue weighted by atomic mass is 9.75. The topological polar surface area (TPSA) is 116 Å². The Kier molecular flexibility index (Phi) is 10.9. The molecule has 44 heavy (non-hydrogen) atoms. The molecule has 1 fully saturated rings. The zero-order valence-electron chi connectivity index (χ0n) is 25.7. The molecule has 0 bridgehead atoms. The molecule has 1 saturated carbocycles. The van der Waals surface area contributed by atoms with Crippen molar-refractivity contribution in [2.45, 2.75) is 69.2 Å². The Labute approximate surface area is 258 Å². The Morgan fingerprint density at radius 1 is 0.955 bits per heavy atom. The zero-order valence-corrected chi connectivity index (χ0v) is 25.7. The van der Waals surface area contributed by atoms with E-state index in [-0.39, 0.29) is 30.8 Å². The first-order valence-electron chi connectivity index (χ1n) is 15.1. The van der Waals surface area contributed by atoms with Crippen LogP contribution in [0.25, 0.3) is 10.8 Å². The fourth-order valence-electron chi connectivity index (χ4n) is 5.48. The van der Waals surface area contributed by atoms with Crippen LogP contribution in [0.3, 0.4) is 0 Å². The molecule has 0 unspecified atom stereocenters. The van der Waals surface area contributed by atoms with E-state index in [4.69, 9.17) is 5.73 Å². The summed E-state index contributed by atoms with van der Waals surface area (Å²) in [5, 5.41) is 14.5. The van der Waals surface area contributed by atoms with Gasteiger partial charge in [0.1, 0.15) is 17.9 Å². The summed E-state index contributed by atoms with van der Waals surface area (Å²) in [6, 6.07) is 17.7. The second-order valence-corrected chi connectivity index (χ2v) is 12.1. The Hall–Kier alpha value is -4.08. The normalized spacial score (nSPS) is 16.1. The number of aliphatic hydroxyl groups is 1. The molecule has 0 radical (unpaired) electrons. The molecule has 1 aliphatic rings. The van der Waals surface area contributed by atoms with Crippen LogP contribution < -0.4 is 11.1 Å². The van der Waals surface area contributed by atoms with Crippen molar-refractivity contribution in [2.24, 2.45) is 5.73 Å². The Morgan fingerprint density at radius 2 is 1.59 bits per heavy atom. The van der Waals surface area contributed by atoms with E-state index >= 15 is 0 Å². The van der Waals surface area contributed by atoms with Crippen LogP contribution in [0.5, 0.6) is 0 Å². The Balaban J connectivity index is 1.62. The van der Waals surface area contributed by atoms with E-state index in [0.717, 1.165) is 35.6 Å². The van der Waals surface area contributed by atoms with Crippen molar-refractivity contribution in [3.63, 3.8) is 0 Å². The highest BCUT2D eigenvalue weighted by molar-refractivity contribution is 5.95. The smallest absolute Gasteiger partial charge is 0.246 e. The van der Waals surface area contributed by atoms with Crippen molar-refractivity contribution in [1.29, 1.82) is 0 Å². The zero-order chi connectivity index (χ0) is 31.9. The molecule has 4 rings (SSSR count). The molecular weight excluding hydrogens is 559 g/mol. The third-order valence-electron chi connectivity index (χ3n) is 8.51. The number of carbonyl (C=O) groups excluding carboxylic acids is 3. The van der Waals surface area contributed by atoms with E-state index in [1.807, 2.05) is 42.5 Å². The van der Waals surface area contributed by atoms with Gasteiger partial charge in [0.05, 0.1) is 6.10 Å². The second kappa shape index (κ2) is 14.6. The molecule has 0 aromatic heterocycles. The molecule has 0 spiro atoms. The van der Waals surface area contributed by atoms with Gasteiger partial charge in [-0.1, -0.05) is 60.7 Å². The molecule has 3 atom stereocenters. The highest BCUT2D eigenvalue weighted by Gasteiger charge is 2.35. The largest absolute Gasteiger partial charge is 0.392 e. The first-order chi connectivity index (χ1) is 21.0. The number of fused-ring (bicyclic) bond motifs is 1. The van der Waals surface area contributed by atoms with Gasteiger partial charge in [-0.3, -0.25) is 14.4 Å². The molecule has 234 valence electrons. The lowest BCUT2D eigenvalue weighted by Crippen LogP contribution is -2.56. The van der Waals surface area contributed by atoms with Crippen molar-refractivity contribution in [1.82, 2.24) is 15.1 Å². The van der Waals surface area contributed by atoms with E-state index < -0.39 is 35.8 Å². The summed E-state index contributed by atoms with van der Waals surface area (Å²) in [5.74, 6) is -1.63. The number of nitrogens with zero attached hydrogens (tertiary/aromatic N) is 2. The third kappa shape index (κ3) is 8.51. The first-order valence-corrected chi connectivity index (χ1v) is 15.1. The average molecular weight is 603 g/mol. The number of hydrogen-bond acceptors (Lipinski definition) is 5. The first kappa shape index (κ1) is 32.8. The molecule has 4 N–H and O–H groups in total. The van der Waals surface area contributed by atoms with Crippen molar-refractivity contribution >= 4 is 28.5 Å². The van der Waals surface area contributed by atoms with Crippen LogP contribution in [-0.2, 0) is 27.2 Å². The van der Waals surface area contributed by atoms with Crippen molar-refractivity contribution in [3.05, 3.63) is 95.8 Å². The van der Waals surface area contributed by atoms with Crippen LogP contribution >= 0.6 is 0 Å². The fraction of sp³-hybridized carbons (Fsp3) is 0.400. The summed E-state index contributed by atoms with van der Waals surface area (Å²) in [6.07, 6.45) is 6.31. The fourth-order valence-corrected chi connectivity index (χ4v) is 5.48.